The molecule has 2 aliphatic heterocycles. The minimum atomic E-state index is -0.497. The molecule has 6 nitrogen and oxygen atoms in total. The second-order valence-electron chi connectivity index (χ2n) is 4.98. The van der Waals surface area contributed by atoms with Crippen molar-refractivity contribution in [2.24, 2.45) is 0 Å². The summed E-state index contributed by atoms with van der Waals surface area (Å²) in [6, 6.07) is 7.83. The molecule has 0 unspecified atom stereocenters. The Bertz CT molecular complexity index is 844. The summed E-state index contributed by atoms with van der Waals surface area (Å²) in [5, 5.41) is 0. The standard InChI is InChI=1S/C16H10N2O4/c1-8-5-12-13(22-7-21-12)6-11(8)18-15(19)9-3-2-4-10(17)14(9)16(18)20/h1-6H,7,17H2. The molecule has 0 aliphatic carbocycles. The average molecular weight is 294 g/mol. The molecule has 2 heterocycles. The highest BCUT2D eigenvalue weighted by Gasteiger charge is 2.39. The quantitative estimate of drug-likeness (QED) is 0.641. The van der Waals surface area contributed by atoms with Crippen LogP contribution in [0.2, 0.25) is 0 Å². The lowest BCUT2D eigenvalue weighted by Crippen LogP contribution is -2.30. The van der Waals surface area contributed by atoms with Gasteiger partial charge in [-0.1, -0.05) is 6.07 Å². The Hall–Kier alpha value is -3.02. The van der Waals surface area contributed by atoms with Gasteiger partial charge in [-0.05, 0) is 23.8 Å². The smallest absolute Gasteiger partial charge is 0.268 e. The Morgan fingerprint density at radius 2 is 1.82 bits per heavy atom. The molecule has 108 valence electrons. The van der Waals surface area contributed by atoms with Crippen molar-refractivity contribution in [3.63, 3.8) is 0 Å². The van der Waals surface area contributed by atoms with Crippen molar-refractivity contribution in [2.75, 3.05) is 17.4 Å². The molecular formula is C16H10N2O4. The highest BCUT2D eigenvalue weighted by Crippen LogP contribution is 2.41. The summed E-state index contributed by atoms with van der Waals surface area (Å²) in [6.45, 7) is 6.03. The Labute approximate surface area is 126 Å². The highest BCUT2D eigenvalue weighted by molar-refractivity contribution is 6.36. The molecule has 2 aromatic carbocycles. The third-order valence-electron chi connectivity index (χ3n) is 3.71. The second-order valence-corrected chi connectivity index (χ2v) is 4.98. The van der Waals surface area contributed by atoms with Crippen molar-refractivity contribution in [1.29, 1.82) is 0 Å². The van der Waals surface area contributed by atoms with E-state index >= 15 is 0 Å². The number of nitrogens with two attached hydrogens (primary N) is 1. The SMILES string of the molecule is [CH]c1cc2c(cc1N1C(=O)c3cccc(N)c3C1=O)OCO2. The molecular weight excluding hydrogens is 284 g/mol. The molecule has 0 bridgehead atoms. The van der Waals surface area contributed by atoms with Crippen LogP contribution in [0.3, 0.4) is 0 Å². The molecule has 6 heteroatoms. The number of hydrogen-bond acceptors (Lipinski definition) is 5. The van der Waals surface area contributed by atoms with Gasteiger partial charge in [0.05, 0.1) is 16.8 Å². The fourth-order valence-corrected chi connectivity index (χ4v) is 2.67. The van der Waals surface area contributed by atoms with Gasteiger partial charge in [0.25, 0.3) is 11.8 Å². The van der Waals surface area contributed by atoms with E-state index in [0.29, 0.717) is 11.5 Å². The van der Waals surface area contributed by atoms with Crippen LogP contribution in [-0.4, -0.2) is 18.6 Å². The van der Waals surface area contributed by atoms with Gasteiger partial charge < -0.3 is 15.2 Å². The largest absolute Gasteiger partial charge is 0.454 e. The van der Waals surface area contributed by atoms with E-state index in [9.17, 15) is 9.59 Å². The zero-order chi connectivity index (χ0) is 15.4. The molecule has 0 spiro atoms. The van der Waals surface area contributed by atoms with Crippen LogP contribution in [0, 0.1) is 6.92 Å². The van der Waals surface area contributed by atoms with Gasteiger partial charge in [0.1, 0.15) is 0 Å². The molecule has 0 fully saturated rings. The monoisotopic (exact) mass is 294 g/mol. The predicted molar refractivity (Wildman–Crippen MR) is 78.0 cm³/mol. The predicted octanol–water partition coefficient (Wildman–Crippen LogP) is 1.86. The number of nitrogen functional groups attached to an aromatic ring is 1. The van der Waals surface area contributed by atoms with Crippen LogP contribution < -0.4 is 20.1 Å². The number of imide groups is 1. The molecule has 0 saturated carbocycles. The number of hydrogen-bond donors (Lipinski definition) is 1. The number of nitrogens with zero attached hydrogens (tertiary/aromatic N) is 1. The maximum atomic E-state index is 12.6. The first kappa shape index (κ1) is 12.7. The molecule has 4 rings (SSSR count). The third-order valence-corrected chi connectivity index (χ3v) is 3.71. The van der Waals surface area contributed by atoms with Crippen LogP contribution in [-0.2, 0) is 0 Å². The molecule has 2 aromatic rings. The van der Waals surface area contributed by atoms with E-state index in [1.165, 1.54) is 12.1 Å². The van der Waals surface area contributed by atoms with Gasteiger partial charge in [-0.15, -0.1) is 0 Å². The first-order chi connectivity index (χ1) is 10.6. The number of benzene rings is 2. The normalized spacial score (nSPS) is 15.4. The zero-order valence-corrected chi connectivity index (χ0v) is 11.3. The molecule has 2 aliphatic rings. The molecule has 0 atom stereocenters. The van der Waals surface area contributed by atoms with Crippen LogP contribution in [0.4, 0.5) is 11.4 Å². The Balaban J connectivity index is 1.87. The average Bonchev–Trinajstić information content (AvgIpc) is 3.03. The van der Waals surface area contributed by atoms with Gasteiger partial charge >= 0.3 is 0 Å². The Morgan fingerprint density at radius 1 is 1.09 bits per heavy atom. The van der Waals surface area contributed by atoms with E-state index in [1.54, 1.807) is 18.2 Å². The van der Waals surface area contributed by atoms with E-state index in [2.05, 4.69) is 0 Å². The summed E-state index contributed by atoms with van der Waals surface area (Å²) in [6.07, 6.45) is 0. The van der Waals surface area contributed by atoms with Gasteiger partial charge in [0, 0.05) is 18.7 Å². The first-order valence-corrected chi connectivity index (χ1v) is 6.54. The maximum absolute atomic E-state index is 12.6. The van der Waals surface area contributed by atoms with Crippen LogP contribution in [0.5, 0.6) is 11.5 Å². The van der Waals surface area contributed by atoms with Crippen molar-refractivity contribution >= 4 is 23.2 Å². The molecule has 22 heavy (non-hydrogen) atoms. The third kappa shape index (κ3) is 1.54. The van der Waals surface area contributed by atoms with E-state index < -0.39 is 11.8 Å². The molecule has 0 saturated heterocycles. The van der Waals surface area contributed by atoms with Crippen LogP contribution in [0.1, 0.15) is 26.3 Å². The first-order valence-electron chi connectivity index (χ1n) is 6.54. The zero-order valence-electron chi connectivity index (χ0n) is 11.3. The highest BCUT2D eigenvalue weighted by atomic mass is 16.7. The Kier molecular flexibility index (Phi) is 2.45. The Morgan fingerprint density at radius 3 is 2.55 bits per heavy atom. The van der Waals surface area contributed by atoms with Crippen LogP contribution >= 0.6 is 0 Å². The minimum absolute atomic E-state index is 0.0767. The van der Waals surface area contributed by atoms with Crippen molar-refractivity contribution in [3.05, 3.63) is 53.9 Å². The number of carbonyl (C=O) groups excluding carboxylic acids is 2. The lowest BCUT2D eigenvalue weighted by Gasteiger charge is -2.17. The van der Waals surface area contributed by atoms with Crippen molar-refractivity contribution in [1.82, 2.24) is 0 Å². The lowest BCUT2D eigenvalue weighted by atomic mass is 10.1. The summed E-state index contributed by atoms with van der Waals surface area (Å²) < 4.78 is 10.5. The van der Waals surface area contributed by atoms with Crippen LogP contribution in [0.25, 0.3) is 0 Å². The number of amides is 2. The summed E-state index contributed by atoms with van der Waals surface area (Å²) in [5.41, 5.74) is 7.05. The number of anilines is 2. The van der Waals surface area contributed by atoms with E-state index in [0.717, 1.165) is 4.90 Å². The molecule has 2 N–H and O–H groups in total. The number of carbonyl (C=O) groups is 2. The number of fused-ring (bicyclic) bond motifs is 2. The van der Waals surface area contributed by atoms with E-state index in [1.807, 2.05) is 0 Å². The van der Waals surface area contributed by atoms with Gasteiger partial charge in [-0.3, -0.25) is 9.59 Å². The number of ether oxygens (including phenoxy) is 2. The lowest BCUT2D eigenvalue weighted by molar-refractivity contribution is 0.0926. The summed E-state index contributed by atoms with van der Waals surface area (Å²) in [5.74, 6) is -0.0346. The minimum Gasteiger partial charge on any atom is -0.454 e. The molecule has 2 amide bonds. The van der Waals surface area contributed by atoms with Gasteiger partial charge in [-0.25, -0.2) is 4.90 Å². The van der Waals surface area contributed by atoms with Gasteiger partial charge in [0.2, 0.25) is 6.79 Å². The fraction of sp³-hybridized carbons (Fsp3) is 0.0625. The second kappa shape index (κ2) is 4.24. The molecule has 0 aromatic heterocycles. The maximum Gasteiger partial charge on any atom is 0.268 e. The fourth-order valence-electron chi connectivity index (χ4n) is 2.67. The van der Waals surface area contributed by atoms with Gasteiger partial charge in [-0.2, -0.15) is 0 Å². The van der Waals surface area contributed by atoms with Gasteiger partial charge in [0.15, 0.2) is 11.5 Å². The topological polar surface area (TPSA) is 81.9 Å². The van der Waals surface area contributed by atoms with Crippen LogP contribution in [0.15, 0.2) is 30.3 Å². The van der Waals surface area contributed by atoms with Crippen molar-refractivity contribution in [2.45, 2.75) is 0 Å². The summed E-state index contributed by atoms with van der Waals surface area (Å²) in [4.78, 5) is 26.1. The number of rotatable bonds is 1. The van der Waals surface area contributed by atoms with Crippen molar-refractivity contribution in [3.8, 4) is 11.5 Å². The van der Waals surface area contributed by atoms with E-state index in [-0.39, 0.29) is 34.9 Å². The summed E-state index contributed by atoms with van der Waals surface area (Å²) in [7, 11) is 0. The summed E-state index contributed by atoms with van der Waals surface area (Å²) >= 11 is 0. The van der Waals surface area contributed by atoms with Crippen molar-refractivity contribution < 1.29 is 19.1 Å². The van der Waals surface area contributed by atoms with E-state index in [4.69, 9.17) is 22.1 Å². The molecule has 2 radical (unpaired) electrons.